The van der Waals surface area contributed by atoms with Crippen molar-refractivity contribution in [2.75, 3.05) is 13.2 Å². The van der Waals surface area contributed by atoms with Gasteiger partial charge in [0.25, 0.3) is 0 Å². The summed E-state index contributed by atoms with van der Waals surface area (Å²) in [5, 5.41) is 23.8. The number of hydrogen-bond acceptors (Lipinski definition) is 8. The molecule has 10 heteroatoms. The fraction of sp³-hybridized carbons (Fsp3) is 0.655. The Balaban J connectivity index is 1.41. The molecule has 6 aliphatic rings. The van der Waals surface area contributed by atoms with E-state index in [-0.39, 0.29) is 23.3 Å². The van der Waals surface area contributed by atoms with Gasteiger partial charge in [0.05, 0.1) is 30.7 Å². The summed E-state index contributed by atoms with van der Waals surface area (Å²) in [4.78, 5) is 27.3. The minimum Gasteiger partial charge on any atom is -0.493 e. The monoisotopic (exact) mass is 580 g/mol. The minimum absolute atomic E-state index is 0.0918. The van der Waals surface area contributed by atoms with Gasteiger partial charge in [-0.3, -0.25) is 9.59 Å². The Morgan fingerprint density at radius 3 is 2.56 bits per heavy atom. The van der Waals surface area contributed by atoms with Crippen LogP contribution in [0.4, 0.5) is 0 Å². The van der Waals surface area contributed by atoms with Crippen LogP contribution < -0.4 is 0 Å². The van der Waals surface area contributed by atoms with Crippen molar-refractivity contribution in [3.8, 4) is 0 Å². The summed E-state index contributed by atoms with van der Waals surface area (Å²) in [5.74, 6) is -3.58. The molecule has 0 aromatic heterocycles. The second-order valence-corrected chi connectivity index (χ2v) is 12.7. The lowest BCUT2D eigenvalue weighted by Gasteiger charge is -2.47. The summed E-state index contributed by atoms with van der Waals surface area (Å²) in [6.45, 7) is 4.72. The van der Waals surface area contributed by atoms with Crippen LogP contribution in [-0.2, 0) is 28.5 Å². The van der Waals surface area contributed by atoms with Crippen molar-refractivity contribution in [2.24, 2.45) is 35.5 Å². The summed E-state index contributed by atoms with van der Waals surface area (Å²) in [7, 11) is 0. The molecule has 10 atom stereocenters. The van der Waals surface area contributed by atoms with Crippen LogP contribution in [-0.4, -0.2) is 59.1 Å². The van der Waals surface area contributed by atoms with E-state index in [1.54, 1.807) is 6.08 Å². The zero-order valence-corrected chi connectivity index (χ0v) is 23.5. The van der Waals surface area contributed by atoms with Crippen LogP contribution >= 0.6 is 23.2 Å². The minimum atomic E-state index is -1.20. The van der Waals surface area contributed by atoms with Gasteiger partial charge in [0.2, 0.25) is 0 Å². The Bertz CT molecular complexity index is 1190. The number of carbonyl (C=O) groups is 2. The fourth-order valence-corrected chi connectivity index (χ4v) is 7.66. The molecule has 3 aliphatic heterocycles. The number of esters is 2. The molecule has 0 bridgehead atoms. The van der Waals surface area contributed by atoms with E-state index < -0.39 is 47.8 Å². The molecular formula is C29H34Cl2O8. The van der Waals surface area contributed by atoms with Crippen LogP contribution in [0.2, 0.25) is 0 Å². The molecular weight excluding hydrogens is 547 g/mol. The molecule has 2 fully saturated rings. The highest BCUT2D eigenvalue weighted by molar-refractivity contribution is 6.30. The molecule has 0 saturated carbocycles. The van der Waals surface area contributed by atoms with Crippen molar-refractivity contribution < 1.29 is 38.7 Å². The van der Waals surface area contributed by atoms with Crippen LogP contribution in [0.15, 0.2) is 45.6 Å². The maximum atomic E-state index is 13.6. The van der Waals surface area contributed by atoms with Crippen LogP contribution in [0.5, 0.6) is 0 Å². The van der Waals surface area contributed by atoms with Gasteiger partial charge >= 0.3 is 11.9 Å². The van der Waals surface area contributed by atoms with E-state index >= 15 is 0 Å². The number of hydrogen-bond donors (Lipinski definition) is 2. The molecule has 2 saturated heterocycles. The van der Waals surface area contributed by atoms with Crippen molar-refractivity contribution in [1.29, 1.82) is 0 Å². The fourth-order valence-electron chi connectivity index (χ4n) is 7.18. The summed E-state index contributed by atoms with van der Waals surface area (Å²) >= 11 is 13.0. The number of rotatable bonds is 3. The maximum absolute atomic E-state index is 13.6. The van der Waals surface area contributed by atoms with Gasteiger partial charge in [-0.05, 0) is 73.7 Å². The van der Waals surface area contributed by atoms with Crippen LogP contribution in [0.3, 0.4) is 0 Å². The van der Waals surface area contributed by atoms with E-state index in [4.69, 9.17) is 42.1 Å². The first-order chi connectivity index (χ1) is 18.6. The molecule has 39 heavy (non-hydrogen) atoms. The number of fused-ring (bicyclic) bond motifs is 2. The van der Waals surface area contributed by atoms with Gasteiger partial charge in [-0.1, -0.05) is 18.5 Å². The predicted molar refractivity (Wildman–Crippen MR) is 141 cm³/mol. The van der Waals surface area contributed by atoms with E-state index in [0.717, 1.165) is 5.57 Å². The van der Waals surface area contributed by atoms with Gasteiger partial charge in [0.1, 0.15) is 30.0 Å². The first-order valence-corrected chi connectivity index (χ1v) is 14.6. The van der Waals surface area contributed by atoms with E-state index in [1.807, 2.05) is 19.9 Å². The summed E-state index contributed by atoms with van der Waals surface area (Å²) in [5.41, 5.74) is 1.38. The summed E-state index contributed by atoms with van der Waals surface area (Å²) in [6.07, 6.45) is 3.38. The highest BCUT2D eigenvalue weighted by atomic mass is 35.5. The van der Waals surface area contributed by atoms with Crippen molar-refractivity contribution in [3.63, 3.8) is 0 Å². The standard InChI is InChI=1S/C29H34Cl2O8/c1-12-7-20-15(10-17(12)30)26(32)24(28(34)38-20)23(14-3-4-19-22(9-14)37-6-5-36-19)25-27(33)16-11-18(31)13(2)8-21(16)39-29(25)35/h7,9,13-15,18-19,23-27,32-33H,3-6,8,10-11H2,1-2H3. The van der Waals surface area contributed by atoms with Crippen molar-refractivity contribution in [3.05, 3.63) is 45.6 Å². The number of halogens is 2. The van der Waals surface area contributed by atoms with Gasteiger partial charge in [0.15, 0.2) is 0 Å². The lowest BCUT2D eigenvalue weighted by molar-refractivity contribution is -0.174. The third-order valence-electron chi connectivity index (χ3n) is 9.37. The Kier molecular flexibility index (Phi) is 7.38. The SMILES string of the molecule is CC1=C(Cl)CC2C(=C1)OC(=O)C(C(C1C=C3OCCOC3CC1)C1C(=O)OC3=C(CC(Cl)C(C)C3)C1O)C2O. The van der Waals surface area contributed by atoms with Gasteiger partial charge in [-0.15, -0.1) is 11.6 Å². The zero-order valence-electron chi connectivity index (χ0n) is 22.0. The molecule has 0 aromatic carbocycles. The molecule has 3 heterocycles. The Morgan fingerprint density at radius 1 is 1.00 bits per heavy atom. The third-order valence-corrected chi connectivity index (χ3v) is 10.4. The number of carbonyl (C=O) groups excluding carboxylic acids is 2. The van der Waals surface area contributed by atoms with Gasteiger partial charge in [-0.25, -0.2) is 0 Å². The van der Waals surface area contributed by atoms with E-state index in [1.165, 1.54) is 0 Å². The van der Waals surface area contributed by atoms with Gasteiger partial charge in [-0.2, -0.15) is 0 Å². The average molecular weight is 581 g/mol. The second-order valence-electron chi connectivity index (χ2n) is 11.7. The van der Waals surface area contributed by atoms with Crippen molar-refractivity contribution >= 4 is 35.1 Å². The smallest absolute Gasteiger partial charge is 0.317 e. The van der Waals surface area contributed by atoms with Crippen molar-refractivity contribution in [2.45, 2.75) is 69.6 Å². The van der Waals surface area contributed by atoms with E-state index in [2.05, 4.69) is 0 Å². The predicted octanol–water partition coefficient (Wildman–Crippen LogP) is 4.09. The average Bonchev–Trinajstić information content (AvgIpc) is 2.90. The molecule has 8 nitrogen and oxygen atoms in total. The Labute approximate surface area is 237 Å². The largest absolute Gasteiger partial charge is 0.493 e. The highest BCUT2D eigenvalue weighted by Crippen LogP contribution is 2.51. The molecule has 10 unspecified atom stereocenters. The van der Waals surface area contributed by atoms with Crippen molar-refractivity contribution in [1.82, 2.24) is 0 Å². The molecule has 0 amide bonds. The lowest BCUT2D eigenvalue weighted by atomic mass is 9.62. The van der Waals surface area contributed by atoms with Gasteiger partial charge < -0.3 is 29.2 Å². The first-order valence-electron chi connectivity index (χ1n) is 13.8. The third kappa shape index (κ3) is 4.76. The molecule has 0 radical (unpaired) electrons. The number of aliphatic hydroxyl groups excluding tert-OH is 2. The normalized spacial score (nSPS) is 41.2. The van der Waals surface area contributed by atoms with Crippen LogP contribution in [0.1, 0.15) is 46.0 Å². The zero-order chi connectivity index (χ0) is 27.6. The number of allylic oxidation sites excluding steroid dienone is 5. The quantitative estimate of drug-likeness (QED) is 0.379. The van der Waals surface area contributed by atoms with Gasteiger partial charge in [0, 0.05) is 22.7 Å². The van der Waals surface area contributed by atoms with E-state index in [0.29, 0.717) is 73.2 Å². The summed E-state index contributed by atoms with van der Waals surface area (Å²) < 4.78 is 23.4. The van der Waals surface area contributed by atoms with Crippen LogP contribution in [0.25, 0.3) is 0 Å². The lowest BCUT2D eigenvalue weighted by Crippen LogP contribution is -2.55. The molecule has 6 rings (SSSR count). The van der Waals surface area contributed by atoms with Crippen LogP contribution in [0, 0.1) is 35.5 Å². The number of alkyl halides is 1. The number of aliphatic hydroxyl groups is 2. The maximum Gasteiger partial charge on any atom is 0.317 e. The second kappa shape index (κ2) is 10.5. The Hall–Kier alpha value is -1.84. The topological polar surface area (TPSA) is 112 Å². The Morgan fingerprint density at radius 2 is 1.77 bits per heavy atom. The molecule has 0 aromatic rings. The molecule has 212 valence electrons. The van der Waals surface area contributed by atoms with E-state index in [9.17, 15) is 19.8 Å². The number of ether oxygens (including phenoxy) is 4. The molecule has 3 aliphatic carbocycles. The molecule has 0 spiro atoms. The first kappa shape index (κ1) is 27.3. The highest BCUT2D eigenvalue weighted by Gasteiger charge is 2.57. The summed E-state index contributed by atoms with van der Waals surface area (Å²) in [6, 6.07) is 0. The molecule has 2 N–H and O–H groups in total.